The molecule has 0 aliphatic rings. The van der Waals surface area contributed by atoms with E-state index in [9.17, 15) is 4.79 Å². The molecule has 1 aromatic carbocycles. The van der Waals surface area contributed by atoms with Crippen LogP contribution in [0.1, 0.15) is 12.0 Å². The van der Waals surface area contributed by atoms with Crippen molar-refractivity contribution in [2.24, 2.45) is 0 Å². The fraction of sp³-hybridized carbons (Fsp3) is 0.385. The third-order valence-corrected chi connectivity index (χ3v) is 2.42. The van der Waals surface area contributed by atoms with Gasteiger partial charge in [-0.3, -0.25) is 10.7 Å². The highest BCUT2D eigenvalue weighted by Crippen LogP contribution is 1.97. The van der Waals surface area contributed by atoms with Gasteiger partial charge in [-0.15, -0.1) is 0 Å². The number of amides is 1. The molecule has 0 aromatic heterocycles. The normalized spacial score (nSPS) is 9.83. The summed E-state index contributed by atoms with van der Waals surface area (Å²) in [6.07, 6.45) is 0.840. The van der Waals surface area contributed by atoms with Crippen molar-refractivity contribution < 1.29 is 9.53 Å². The van der Waals surface area contributed by atoms with Crippen LogP contribution in [0.2, 0.25) is 0 Å². The van der Waals surface area contributed by atoms with E-state index in [0.717, 1.165) is 13.0 Å². The summed E-state index contributed by atoms with van der Waals surface area (Å²) >= 11 is 0. The Balaban J connectivity index is 2.05. The summed E-state index contributed by atoms with van der Waals surface area (Å²) in [7, 11) is 1.28. The molecule has 0 unspecified atom stereocenters. The maximum Gasteiger partial charge on any atom is 0.412 e. The lowest BCUT2D eigenvalue weighted by molar-refractivity contribution is 0.176. The Morgan fingerprint density at radius 1 is 1.28 bits per heavy atom. The van der Waals surface area contributed by atoms with Gasteiger partial charge in [0, 0.05) is 13.0 Å². The number of methoxy groups -OCH3 is 1. The zero-order valence-electron chi connectivity index (χ0n) is 10.5. The van der Waals surface area contributed by atoms with Crippen LogP contribution in [0.15, 0.2) is 30.3 Å². The van der Waals surface area contributed by atoms with Crippen molar-refractivity contribution in [3.05, 3.63) is 35.9 Å². The Bertz CT molecular complexity index is 379. The van der Waals surface area contributed by atoms with Gasteiger partial charge in [0.25, 0.3) is 0 Å². The Kier molecular flexibility index (Phi) is 6.50. The Morgan fingerprint density at radius 2 is 2.00 bits per heavy atom. The second-order valence-corrected chi connectivity index (χ2v) is 3.83. The first-order valence-electron chi connectivity index (χ1n) is 5.89. The quantitative estimate of drug-likeness (QED) is 0.407. The van der Waals surface area contributed by atoms with Gasteiger partial charge >= 0.3 is 6.09 Å². The molecule has 5 nitrogen and oxygen atoms in total. The van der Waals surface area contributed by atoms with Crippen LogP contribution in [0.4, 0.5) is 4.79 Å². The van der Waals surface area contributed by atoms with E-state index in [1.165, 1.54) is 12.7 Å². The fourth-order valence-corrected chi connectivity index (χ4v) is 1.45. The number of ether oxygens (including phenoxy) is 1. The number of carbonyl (C=O) groups excluding carboxylic acids is 1. The van der Waals surface area contributed by atoms with Gasteiger partial charge in [-0.25, -0.2) is 4.79 Å². The molecule has 0 saturated heterocycles. The SMILES string of the molecule is COC(=O)NC(=N)CCNCCc1ccccc1. The number of hydrogen-bond donors (Lipinski definition) is 3. The largest absolute Gasteiger partial charge is 0.453 e. The zero-order chi connectivity index (χ0) is 13.2. The molecule has 0 bridgehead atoms. The summed E-state index contributed by atoms with van der Waals surface area (Å²) in [4.78, 5) is 10.8. The highest BCUT2D eigenvalue weighted by atomic mass is 16.5. The Hall–Kier alpha value is -1.88. The maximum absolute atomic E-state index is 10.8. The van der Waals surface area contributed by atoms with E-state index in [-0.39, 0.29) is 5.84 Å². The molecule has 0 spiro atoms. The first-order chi connectivity index (χ1) is 8.72. The van der Waals surface area contributed by atoms with Crippen LogP contribution in [-0.4, -0.2) is 32.1 Å². The molecule has 0 fully saturated rings. The Labute approximate surface area is 107 Å². The summed E-state index contributed by atoms with van der Waals surface area (Å²) in [5.41, 5.74) is 1.28. The van der Waals surface area contributed by atoms with E-state index in [4.69, 9.17) is 5.41 Å². The monoisotopic (exact) mass is 249 g/mol. The molecule has 1 amide bonds. The predicted molar refractivity (Wildman–Crippen MR) is 70.9 cm³/mol. The third-order valence-electron chi connectivity index (χ3n) is 2.42. The van der Waals surface area contributed by atoms with E-state index in [2.05, 4.69) is 27.5 Å². The van der Waals surface area contributed by atoms with Gasteiger partial charge in [0.05, 0.1) is 7.11 Å². The van der Waals surface area contributed by atoms with Gasteiger partial charge in [-0.05, 0) is 18.5 Å². The summed E-state index contributed by atoms with van der Waals surface area (Å²) in [6.45, 7) is 1.52. The lowest BCUT2D eigenvalue weighted by Crippen LogP contribution is -2.32. The first kappa shape index (κ1) is 14.2. The van der Waals surface area contributed by atoms with E-state index in [1.807, 2.05) is 18.2 Å². The molecule has 0 aliphatic carbocycles. The van der Waals surface area contributed by atoms with Crippen LogP contribution in [0.5, 0.6) is 0 Å². The predicted octanol–water partition coefficient (Wildman–Crippen LogP) is 1.54. The smallest absolute Gasteiger partial charge is 0.412 e. The molecule has 3 N–H and O–H groups in total. The van der Waals surface area contributed by atoms with Gasteiger partial charge < -0.3 is 10.1 Å². The highest BCUT2D eigenvalue weighted by molar-refractivity contribution is 5.93. The number of benzene rings is 1. The zero-order valence-corrected chi connectivity index (χ0v) is 10.5. The van der Waals surface area contributed by atoms with Crippen LogP contribution in [-0.2, 0) is 11.2 Å². The van der Waals surface area contributed by atoms with E-state index in [1.54, 1.807) is 0 Å². The minimum atomic E-state index is -0.593. The van der Waals surface area contributed by atoms with Crippen molar-refractivity contribution in [3.8, 4) is 0 Å². The second kappa shape index (κ2) is 8.25. The molecule has 0 saturated carbocycles. The van der Waals surface area contributed by atoms with Crippen molar-refractivity contribution in [2.75, 3.05) is 20.2 Å². The second-order valence-electron chi connectivity index (χ2n) is 3.83. The van der Waals surface area contributed by atoms with Crippen molar-refractivity contribution in [3.63, 3.8) is 0 Å². The van der Waals surface area contributed by atoms with Gasteiger partial charge in [0.2, 0.25) is 0 Å². The molecule has 0 heterocycles. The van der Waals surface area contributed by atoms with Crippen LogP contribution < -0.4 is 10.6 Å². The molecule has 0 aliphatic heterocycles. The van der Waals surface area contributed by atoms with Crippen molar-refractivity contribution in [1.82, 2.24) is 10.6 Å². The van der Waals surface area contributed by atoms with E-state index in [0.29, 0.717) is 13.0 Å². The van der Waals surface area contributed by atoms with Crippen LogP contribution >= 0.6 is 0 Å². The average Bonchev–Trinajstić information content (AvgIpc) is 2.39. The molecule has 18 heavy (non-hydrogen) atoms. The van der Waals surface area contributed by atoms with Crippen LogP contribution in [0.25, 0.3) is 0 Å². The molecule has 1 aromatic rings. The number of nitrogens with one attached hydrogen (secondary N) is 3. The lowest BCUT2D eigenvalue weighted by Gasteiger charge is -2.07. The van der Waals surface area contributed by atoms with Gasteiger partial charge in [-0.1, -0.05) is 30.3 Å². The topological polar surface area (TPSA) is 74.2 Å². The minimum absolute atomic E-state index is 0.161. The maximum atomic E-state index is 10.8. The summed E-state index contributed by atoms with van der Waals surface area (Å²) in [5, 5.41) is 13.0. The van der Waals surface area contributed by atoms with Crippen LogP contribution in [0, 0.1) is 5.41 Å². The van der Waals surface area contributed by atoms with Gasteiger partial charge in [0.1, 0.15) is 5.84 Å². The molecule has 0 atom stereocenters. The fourth-order valence-electron chi connectivity index (χ4n) is 1.45. The van der Waals surface area contributed by atoms with E-state index >= 15 is 0 Å². The molecule has 5 heteroatoms. The van der Waals surface area contributed by atoms with Crippen molar-refractivity contribution in [1.29, 1.82) is 5.41 Å². The molecule has 0 radical (unpaired) electrons. The number of hydrogen-bond acceptors (Lipinski definition) is 4. The van der Waals surface area contributed by atoms with Gasteiger partial charge in [0.15, 0.2) is 0 Å². The summed E-state index contributed by atoms with van der Waals surface area (Å²) in [6, 6.07) is 10.2. The standard InChI is InChI=1S/C13H19N3O2/c1-18-13(17)16-12(14)8-10-15-9-7-11-5-3-2-4-6-11/h2-6,15H,7-10H2,1H3,(H2,14,16,17). The molecule has 98 valence electrons. The number of carbonyl (C=O) groups is 1. The molecule has 1 rings (SSSR count). The number of amidine groups is 1. The van der Waals surface area contributed by atoms with Gasteiger partial charge in [-0.2, -0.15) is 0 Å². The molecular formula is C13H19N3O2. The van der Waals surface area contributed by atoms with Crippen LogP contribution in [0.3, 0.4) is 0 Å². The Morgan fingerprint density at radius 3 is 2.67 bits per heavy atom. The average molecular weight is 249 g/mol. The third kappa shape index (κ3) is 6.00. The summed E-state index contributed by atoms with van der Waals surface area (Å²) < 4.78 is 4.39. The minimum Gasteiger partial charge on any atom is -0.453 e. The first-order valence-corrected chi connectivity index (χ1v) is 5.89. The van der Waals surface area contributed by atoms with Crippen molar-refractivity contribution in [2.45, 2.75) is 12.8 Å². The van der Waals surface area contributed by atoms with Crippen molar-refractivity contribution >= 4 is 11.9 Å². The highest BCUT2D eigenvalue weighted by Gasteiger charge is 2.02. The lowest BCUT2D eigenvalue weighted by atomic mass is 10.1. The molecular weight excluding hydrogens is 230 g/mol. The van der Waals surface area contributed by atoms with E-state index < -0.39 is 6.09 Å². The number of rotatable bonds is 6. The number of alkyl carbamates (subject to hydrolysis) is 1. The summed E-state index contributed by atoms with van der Waals surface area (Å²) in [5.74, 6) is 0.161.